The van der Waals surface area contributed by atoms with E-state index >= 15 is 0 Å². The summed E-state index contributed by atoms with van der Waals surface area (Å²) < 4.78 is 0. The van der Waals surface area contributed by atoms with Crippen molar-refractivity contribution in [2.24, 2.45) is 5.92 Å². The Morgan fingerprint density at radius 3 is 2.15 bits per heavy atom. The molecule has 1 aliphatic heterocycles. The number of halogens is 1. The van der Waals surface area contributed by atoms with E-state index in [0.29, 0.717) is 22.7 Å². The Balaban J connectivity index is 1.86. The first kappa shape index (κ1) is 19.1. The third-order valence-electron chi connectivity index (χ3n) is 4.67. The van der Waals surface area contributed by atoms with Crippen LogP contribution in [0.5, 0.6) is 0 Å². The highest BCUT2D eigenvalue weighted by Crippen LogP contribution is 2.28. The van der Waals surface area contributed by atoms with Gasteiger partial charge in [0, 0.05) is 18.6 Å². The molecule has 6 heteroatoms. The quantitative estimate of drug-likeness (QED) is 0.740. The fourth-order valence-electron chi connectivity index (χ4n) is 3.37. The van der Waals surface area contributed by atoms with Crippen LogP contribution in [0.25, 0.3) is 0 Å². The van der Waals surface area contributed by atoms with Gasteiger partial charge < -0.3 is 4.90 Å². The summed E-state index contributed by atoms with van der Waals surface area (Å²) in [5.74, 6) is -1.33. The SMILES string of the molecule is CC(C)C(C(=O)N(C)Cc1cccc(Cl)c1)N1C(=O)c2ccccc2C1=O. The van der Waals surface area contributed by atoms with Gasteiger partial charge >= 0.3 is 0 Å². The Hall–Kier alpha value is -2.66. The van der Waals surface area contributed by atoms with Crippen LogP contribution in [-0.4, -0.2) is 40.6 Å². The van der Waals surface area contributed by atoms with Crippen molar-refractivity contribution in [3.05, 3.63) is 70.2 Å². The van der Waals surface area contributed by atoms with Gasteiger partial charge in [0.25, 0.3) is 11.8 Å². The number of hydrogen-bond donors (Lipinski definition) is 0. The molecule has 3 rings (SSSR count). The average molecular weight is 385 g/mol. The van der Waals surface area contributed by atoms with Crippen LogP contribution in [0, 0.1) is 5.92 Å². The van der Waals surface area contributed by atoms with Crippen LogP contribution in [0.4, 0.5) is 0 Å². The summed E-state index contributed by atoms with van der Waals surface area (Å²) in [4.78, 5) is 41.4. The van der Waals surface area contributed by atoms with Gasteiger partial charge in [-0.3, -0.25) is 19.3 Å². The molecule has 3 amide bonds. The maximum atomic E-state index is 13.1. The minimum Gasteiger partial charge on any atom is -0.340 e. The van der Waals surface area contributed by atoms with Crippen molar-refractivity contribution in [1.82, 2.24) is 9.80 Å². The number of benzene rings is 2. The van der Waals surface area contributed by atoms with Crippen molar-refractivity contribution >= 4 is 29.3 Å². The summed E-state index contributed by atoms with van der Waals surface area (Å²) in [5.41, 5.74) is 1.57. The maximum absolute atomic E-state index is 13.1. The number of likely N-dealkylation sites (N-methyl/N-ethyl adjacent to an activating group) is 1. The lowest BCUT2D eigenvalue weighted by molar-refractivity contribution is -0.136. The second-order valence-corrected chi connectivity index (χ2v) is 7.48. The molecule has 0 saturated heterocycles. The molecule has 2 aromatic carbocycles. The van der Waals surface area contributed by atoms with Gasteiger partial charge in [0.1, 0.15) is 6.04 Å². The Kier molecular flexibility index (Phi) is 5.33. The largest absolute Gasteiger partial charge is 0.340 e. The Labute approximate surface area is 163 Å². The molecule has 1 heterocycles. The maximum Gasteiger partial charge on any atom is 0.262 e. The third kappa shape index (κ3) is 3.60. The van der Waals surface area contributed by atoms with Gasteiger partial charge in [-0.2, -0.15) is 0 Å². The second kappa shape index (κ2) is 7.53. The summed E-state index contributed by atoms with van der Waals surface area (Å²) in [6.07, 6.45) is 0. The third-order valence-corrected chi connectivity index (χ3v) is 4.91. The molecule has 5 nitrogen and oxygen atoms in total. The zero-order valence-electron chi connectivity index (χ0n) is 15.5. The molecule has 27 heavy (non-hydrogen) atoms. The highest BCUT2D eigenvalue weighted by atomic mass is 35.5. The molecule has 0 spiro atoms. The van der Waals surface area contributed by atoms with Crippen LogP contribution < -0.4 is 0 Å². The van der Waals surface area contributed by atoms with Gasteiger partial charge in [-0.15, -0.1) is 0 Å². The fraction of sp³-hybridized carbons (Fsp3) is 0.286. The van der Waals surface area contributed by atoms with E-state index in [1.165, 1.54) is 4.90 Å². The van der Waals surface area contributed by atoms with Crippen LogP contribution in [0.1, 0.15) is 40.1 Å². The van der Waals surface area contributed by atoms with Crippen molar-refractivity contribution < 1.29 is 14.4 Å². The predicted molar refractivity (Wildman–Crippen MR) is 103 cm³/mol. The van der Waals surface area contributed by atoms with Crippen LogP contribution in [0.3, 0.4) is 0 Å². The molecule has 0 N–H and O–H groups in total. The molecular weight excluding hydrogens is 364 g/mol. The fourth-order valence-corrected chi connectivity index (χ4v) is 3.58. The van der Waals surface area contributed by atoms with E-state index < -0.39 is 17.9 Å². The van der Waals surface area contributed by atoms with Gasteiger partial charge in [0.2, 0.25) is 5.91 Å². The monoisotopic (exact) mass is 384 g/mol. The van der Waals surface area contributed by atoms with E-state index in [4.69, 9.17) is 11.6 Å². The van der Waals surface area contributed by atoms with Gasteiger partial charge in [0.15, 0.2) is 0 Å². The molecule has 0 aromatic heterocycles. The first-order valence-corrected chi connectivity index (χ1v) is 9.15. The zero-order valence-corrected chi connectivity index (χ0v) is 16.2. The number of nitrogens with zero attached hydrogens (tertiary/aromatic N) is 2. The highest BCUT2D eigenvalue weighted by Gasteiger charge is 2.44. The molecule has 0 radical (unpaired) electrons. The Morgan fingerprint density at radius 2 is 1.63 bits per heavy atom. The second-order valence-electron chi connectivity index (χ2n) is 7.04. The smallest absolute Gasteiger partial charge is 0.262 e. The van der Waals surface area contributed by atoms with Crippen molar-refractivity contribution in [3.8, 4) is 0 Å². The minimum absolute atomic E-state index is 0.221. The van der Waals surface area contributed by atoms with Crippen LogP contribution >= 0.6 is 11.6 Å². The average Bonchev–Trinajstić information content (AvgIpc) is 2.87. The number of rotatable bonds is 5. The van der Waals surface area contributed by atoms with Crippen molar-refractivity contribution in [2.75, 3.05) is 7.05 Å². The van der Waals surface area contributed by atoms with Crippen molar-refractivity contribution in [2.45, 2.75) is 26.4 Å². The predicted octanol–water partition coefficient (Wildman–Crippen LogP) is 3.62. The van der Waals surface area contributed by atoms with Gasteiger partial charge in [0.05, 0.1) is 11.1 Å². The van der Waals surface area contributed by atoms with Gasteiger partial charge in [-0.25, -0.2) is 0 Å². The lowest BCUT2D eigenvalue weighted by Crippen LogP contribution is -2.52. The lowest BCUT2D eigenvalue weighted by atomic mass is 10.0. The normalized spacial score (nSPS) is 14.5. The van der Waals surface area contributed by atoms with Crippen LogP contribution in [-0.2, 0) is 11.3 Å². The van der Waals surface area contributed by atoms with Gasteiger partial charge in [-0.1, -0.05) is 49.7 Å². The molecule has 2 aromatic rings. The van der Waals surface area contributed by atoms with E-state index in [1.54, 1.807) is 43.4 Å². The molecule has 0 aliphatic carbocycles. The molecule has 1 atom stereocenters. The number of carbonyl (C=O) groups is 3. The Bertz CT molecular complexity index is 875. The Morgan fingerprint density at radius 1 is 1.04 bits per heavy atom. The summed E-state index contributed by atoms with van der Waals surface area (Å²) in [5, 5.41) is 0.592. The first-order chi connectivity index (χ1) is 12.8. The number of fused-ring (bicyclic) bond motifs is 1. The van der Waals surface area contributed by atoms with Crippen molar-refractivity contribution in [3.63, 3.8) is 0 Å². The number of amides is 3. The van der Waals surface area contributed by atoms with Gasteiger partial charge in [-0.05, 0) is 35.7 Å². The van der Waals surface area contributed by atoms with E-state index in [-0.39, 0.29) is 11.8 Å². The number of carbonyl (C=O) groups excluding carboxylic acids is 3. The molecular formula is C21H21ClN2O3. The number of imide groups is 1. The summed E-state index contributed by atoms with van der Waals surface area (Å²) in [7, 11) is 1.66. The first-order valence-electron chi connectivity index (χ1n) is 8.77. The van der Waals surface area contributed by atoms with Crippen LogP contribution in [0.15, 0.2) is 48.5 Å². The molecule has 0 saturated carbocycles. The minimum atomic E-state index is -0.860. The topological polar surface area (TPSA) is 57.7 Å². The lowest BCUT2D eigenvalue weighted by Gasteiger charge is -2.32. The standard InChI is InChI=1S/C21H21ClN2O3/c1-13(2)18(21(27)23(3)12-14-7-6-8-15(22)11-14)24-19(25)16-9-4-5-10-17(16)20(24)26/h4-11,13,18H,12H2,1-3H3. The zero-order chi connectivity index (χ0) is 19.7. The summed E-state index contributed by atoms with van der Waals surface area (Å²) in [6.45, 7) is 4.00. The summed E-state index contributed by atoms with van der Waals surface area (Å²) in [6, 6.07) is 13.1. The number of hydrogen-bond acceptors (Lipinski definition) is 3. The highest BCUT2D eigenvalue weighted by molar-refractivity contribution is 6.30. The van der Waals surface area contributed by atoms with Crippen LogP contribution in [0.2, 0.25) is 5.02 Å². The molecule has 1 aliphatic rings. The molecule has 0 bridgehead atoms. The van der Waals surface area contributed by atoms with Crippen molar-refractivity contribution in [1.29, 1.82) is 0 Å². The van der Waals surface area contributed by atoms with E-state index in [9.17, 15) is 14.4 Å². The molecule has 140 valence electrons. The van der Waals surface area contributed by atoms with E-state index in [1.807, 2.05) is 26.0 Å². The summed E-state index contributed by atoms with van der Waals surface area (Å²) >= 11 is 6.01. The molecule has 0 fully saturated rings. The van der Waals surface area contributed by atoms with E-state index in [0.717, 1.165) is 10.5 Å². The molecule has 1 unspecified atom stereocenters. The van der Waals surface area contributed by atoms with E-state index in [2.05, 4.69) is 0 Å².